The summed E-state index contributed by atoms with van der Waals surface area (Å²) in [6.07, 6.45) is 4.04. The zero-order valence-corrected chi connectivity index (χ0v) is 20.6. The van der Waals surface area contributed by atoms with Crippen LogP contribution in [0.5, 0.6) is 0 Å². The largest absolute Gasteiger partial charge is 0.352 e. The second-order valence-corrected chi connectivity index (χ2v) is 9.57. The third kappa shape index (κ3) is 4.28. The standard InChI is InChI=1S/C25H25ClN6O4/c1-14-7-10-19(18(26)11-14)28-21(33)13-31-25(36)32-20-12-15(22(34)27-16-5-3-4-6-16)8-9-17(20)23(35)30(2)24(32)29-31/h7-12,16H,3-6,13H2,1-2H3,(H,27,34)(H,28,33). The van der Waals surface area contributed by atoms with Gasteiger partial charge in [-0.15, -0.1) is 5.10 Å². The first-order valence-corrected chi connectivity index (χ1v) is 12.1. The molecule has 0 spiro atoms. The molecule has 1 fully saturated rings. The number of hydrogen-bond acceptors (Lipinski definition) is 5. The number of rotatable bonds is 5. The van der Waals surface area contributed by atoms with Crippen LogP contribution in [0, 0.1) is 6.92 Å². The van der Waals surface area contributed by atoms with Crippen LogP contribution in [0.2, 0.25) is 5.02 Å². The number of aromatic nitrogens is 4. The third-order valence-corrected chi connectivity index (χ3v) is 6.85. The zero-order valence-electron chi connectivity index (χ0n) is 19.9. The maximum atomic E-state index is 13.3. The summed E-state index contributed by atoms with van der Waals surface area (Å²) < 4.78 is 3.47. The van der Waals surface area contributed by atoms with Crippen LogP contribution in [0.3, 0.4) is 0 Å². The molecule has 186 valence electrons. The number of amides is 2. The van der Waals surface area contributed by atoms with Crippen LogP contribution in [0.25, 0.3) is 16.7 Å². The number of carbonyl (C=O) groups is 2. The molecule has 2 aromatic heterocycles. The van der Waals surface area contributed by atoms with Gasteiger partial charge < -0.3 is 10.6 Å². The van der Waals surface area contributed by atoms with Crippen molar-refractivity contribution in [1.29, 1.82) is 0 Å². The summed E-state index contributed by atoms with van der Waals surface area (Å²) in [4.78, 5) is 51.8. The van der Waals surface area contributed by atoms with Crippen molar-refractivity contribution in [3.8, 4) is 0 Å². The third-order valence-electron chi connectivity index (χ3n) is 6.54. The Balaban J connectivity index is 1.52. The Hall–Kier alpha value is -3.92. The Labute approximate surface area is 210 Å². The van der Waals surface area contributed by atoms with Crippen LogP contribution >= 0.6 is 11.6 Å². The summed E-state index contributed by atoms with van der Waals surface area (Å²) in [6, 6.07) is 9.97. The van der Waals surface area contributed by atoms with Crippen LogP contribution in [0.4, 0.5) is 5.69 Å². The van der Waals surface area contributed by atoms with Crippen molar-refractivity contribution in [2.75, 3.05) is 5.32 Å². The molecule has 11 heteroatoms. The molecule has 10 nitrogen and oxygen atoms in total. The minimum Gasteiger partial charge on any atom is -0.349 e. The van der Waals surface area contributed by atoms with Crippen molar-refractivity contribution in [2.45, 2.75) is 45.2 Å². The van der Waals surface area contributed by atoms with Gasteiger partial charge in [0.25, 0.3) is 11.5 Å². The summed E-state index contributed by atoms with van der Waals surface area (Å²) in [7, 11) is 1.50. The first-order valence-electron chi connectivity index (χ1n) is 11.7. The van der Waals surface area contributed by atoms with E-state index >= 15 is 0 Å². The Morgan fingerprint density at radius 3 is 2.58 bits per heavy atom. The molecule has 0 radical (unpaired) electrons. The number of nitrogens with one attached hydrogen (secondary N) is 2. The molecule has 36 heavy (non-hydrogen) atoms. The SMILES string of the molecule is Cc1ccc(NC(=O)Cn2nc3n(C)c(=O)c4ccc(C(=O)NC5CCCC5)cc4n3c2=O)c(Cl)c1. The van der Waals surface area contributed by atoms with Crippen LogP contribution in [0.1, 0.15) is 41.6 Å². The van der Waals surface area contributed by atoms with E-state index in [1.165, 1.54) is 28.1 Å². The lowest BCUT2D eigenvalue weighted by Crippen LogP contribution is -2.32. The number of aryl methyl sites for hydroxylation is 2. The predicted octanol–water partition coefficient (Wildman–Crippen LogP) is 2.62. The van der Waals surface area contributed by atoms with E-state index < -0.39 is 11.6 Å². The summed E-state index contributed by atoms with van der Waals surface area (Å²) >= 11 is 6.20. The van der Waals surface area contributed by atoms with E-state index in [0.717, 1.165) is 35.9 Å². The van der Waals surface area contributed by atoms with Crippen molar-refractivity contribution in [3.05, 3.63) is 73.4 Å². The molecule has 4 aromatic rings. The van der Waals surface area contributed by atoms with Gasteiger partial charge >= 0.3 is 5.69 Å². The Morgan fingerprint density at radius 1 is 1.11 bits per heavy atom. The Bertz CT molecular complexity index is 1640. The van der Waals surface area contributed by atoms with E-state index in [4.69, 9.17) is 11.6 Å². The van der Waals surface area contributed by atoms with Gasteiger partial charge in [-0.3, -0.25) is 19.0 Å². The normalized spacial score (nSPS) is 14.0. The van der Waals surface area contributed by atoms with E-state index in [-0.39, 0.29) is 40.7 Å². The maximum absolute atomic E-state index is 13.3. The highest BCUT2D eigenvalue weighted by Gasteiger charge is 2.21. The number of carbonyl (C=O) groups excluding carboxylic acids is 2. The van der Waals surface area contributed by atoms with Crippen molar-refractivity contribution in [2.24, 2.45) is 7.05 Å². The predicted molar refractivity (Wildman–Crippen MR) is 137 cm³/mol. The van der Waals surface area contributed by atoms with E-state index in [9.17, 15) is 19.2 Å². The first kappa shape index (κ1) is 23.8. The van der Waals surface area contributed by atoms with Crippen molar-refractivity contribution in [1.82, 2.24) is 24.1 Å². The van der Waals surface area contributed by atoms with Crippen LogP contribution < -0.4 is 21.9 Å². The molecule has 0 unspecified atom stereocenters. The van der Waals surface area contributed by atoms with Gasteiger partial charge in [-0.05, 0) is 55.7 Å². The topological polar surface area (TPSA) is 120 Å². The number of fused-ring (bicyclic) bond motifs is 3. The highest BCUT2D eigenvalue weighted by atomic mass is 35.5. The molecule has 2 amide bonds. The lowest BCUT2D eigenvalue weighted by Gasteiger charge is -2.12. The molecule has 1 saturated carbocycles. The fourth-order valence-corrected chi connectivity index (χ4v) is 4.91. The monoisotopic (exact) mass is 508 g/mol. The number of nitrogens with zero attached hydrogens (tertiary/aromatic N) is 4. The second-order valence-electron chi connectivity index (χ2n) is 9.16. The van der Waals surface area contributed by atoms with Crippen LogP contribution in [-0.4, -0.2) is 36.6 Å². The molecular weight excluding hydrogens is 484 g/mol. The summed E-state index contributed by atoms with van der Waals surface area (Å²) in [5.74, 6) is -0.698. The molecule has 0 atom stereocenters. The van der Waals surface area contributed by atoms with Gasteiger partial charge in [-0.25, -0.2) is 13.9 Å². The summed E-state index contributed by atoms with van der Waals surface area (Å²) in [5.41, 5.74) is 0.983. The molecule has 1 aliphatic rings. The summed E-state index contributed by atoms with van der Waals surface area (Å²) in [6.45, 7) is 1.49. The number of anilines is 1. The average Bonchev–Trinajstić information content (AvgIpc) is 3.47. The van der Waals surface area contributed by atoms with Gasteiger partial charge in [-0.2, -0.15) is 0 Å². The molecule has 1 aliphatic carbocycles. The highest BCUT2D eigenvalue weighted by Crippen LogP contribution is 2.23. The van der Waals surface area contributed by atoms with E-state index in [1.807, 2.05) is 6.92 Å². The van der Waals surface area contributed by atoms with Gasteiger partial charge in [0.15, 0.2) is 0 Å². The quantitative estimate of drug-likeness (QED) is 0.429. The number of benzene rings is 2. The highest BCUT2D eigenvalue weighted by molar-refractivity contribution is 6.33. The smallest absolute Gasteiger partial charge is 0.349 e. The van der Waals surface area contributed by atoms with Crippen molar-refractivity contribution < 1.29 is 9.59 Å². The van der Waals surface area contributed by atoms with Gasteiger partial charge in [0.1, 0.15) is 6.54 Å². The van der Waals surface area contributed by atoms with Crippen molar-refractivity contribution >= 4 is 45.8 Å². The molecule has 2 aromatic carbocycles. The van der Waals surface area contributed by atoms with E-state index in [0.29, 0.717) is 16.3 Å². The maximum Gasteiger partial charge on any atom is 0.352 e. The van der Waals surface area contributed by atoms with Crippen LogP contribution in [-0.2, 0) is 18.4 Å². The fourth-order valence-electron chi connectivity index (χ4n) is 4.62. The average molecular weight is 509 g/mol. The molecule has 5 rings (SSSR count). The molecule has 2 N–H and O–H groups in total. The van der Waals surface area contributed by atoms with Crippen molar-refractivity contribution in [3.63, 3.8) is 0 Å². The van der Waals surface area contributed by atoms with Gasteiger partial charge in [0.05, 0.1) is 21.6 Å². The van der Waals surface area contributed by atoms with Gasteiger partial charge in [-0.1, -0.05) is 30.5 Å². The molecule has 0 saturated heterocycles. The summed E-state index contributed by atoms with van der Waals surface area (Å²) in [5, 5.41) is 10.6. The lowest BCUT2D eigenvalue weighted by atomic mass is 10.1. The van der Waals surface area contributed by atoms with E-state index in [1.54, 1.807) is 24.3 Å². The van der Waals surface area contributed by atoms with Gasteiger partial charge in [0.2, 0.25) is 11.7 Å². The second kappa shape index (κ2) is 9.27. The molecule has 0 bridgehead atoms. The minimum atomic E-state index is -0.607. The first-order chi connectivity index (χ1) is 17.2. The Kier molecular flexibility index (Phi) is 6.13. The van der Waals surface area contributed by atoms with Crippen LogP contribution in [0.15, 0.2) is 46.0 Å². The van der Waals surface area contributed by atoms with Gasteiger partial charge in [0, 0.05) is 18.7 Å². The number of hydrogen-bond donors (Lipinski definition) is 2. The zero-order chi connectivity index (χ0) is 25.6. The minimum absolute atomic E-state index is 0.0621. The molecule has 2 heterocycles. The lowest BCUT2D eigenvalue weighted by molar-refractivity contribution is -0.117. The fraction of sp³-hybridized carbons (Fsp3) is 0.320. The molecular formula is C25H25ClN6O4. The molecule has 0 aliphatic heterocycles. The van der Waals surface area contributed by atoms with E-state index in [2.05, 4.69) is 15.7 Å². The Morgan fingerprint density at radius 2 is 1.86 bits per heavy atom. The number of halogens is 1.